The minimum atomic E-state index is -0.435. The highest BCUT2D eigenvalue weighted by atomic mass is 16.6. The van der Waals surface area contributed by atoms with E-state index < -0.39 is 5.60 Å². The van der Waals surface area contributed by atoms with Gasteiger partial charge in [0.1, 0.15) is 5.60 Å². The molecule has 0 aromatic rings. The van der Waals surface area contributed by atoms with Gasteiger partial charge in [-0.05, 0) is 52.4 Å². The van der Waals surface area contributed by atoms with E-state index in [0.717, 1.165) is 45.3 Å². The number of carbonyl (C=O) groups excluding carboxylic acids is 2. The summed E-state index contributed by atoms with van der Waals surface area (Å²) < 4.78 is 5.39. The Hall–Kier alpha value is -1.26. The Morgan fingerprint density at radius 2 is 1.95 bits per heavy atom. The lowest BCUT2D eigenvalue weighted by Crippen LogP contribution is -2.42. The predicted molar refractivity (Wildman–Crippen MR) is 76.3 cm³/mol. The van der Waals surface area contributed by atoms with Crippen molar-refractivity contribution in [3.05, 3.63) is 0 Å². The van der Waals surface area contributed by atoms with E-state index in [1.54, 1.807) is 4.90 Å². The molecular formula is C15H26N2O3. The summed E-state index contributed by atoms with van der Waals surface area (Å²) in [4.78, 5) is 25.3. The zero-order valence-electron chi connectivity index (χ0n) is 12.8. The number of hydrogen-bond acceptors (Lipinski definition) is 3. The summed E-state index contributed by atoms with van der Waals surface area (Å²) in [5.41, 5.74) is -0.435. The Morgan fingerprint density at radius 3 is 2.45 bits per heavy atom. The third kappa shape index (κ3) is 4.12. The molecule has 0 aromatic carbocycles. The van der Waals surface area contributed by atoms with Crippen LogP contribution in [0.25, 0.3) is 0 Å². The van der Waals surface area contributed by atoms with E-state index in [1.807, 2.05) is 20.8 Å². The van der Waals surface area contributed by atoms with Gasteiger partial charge < -0.3 is 15.0 Å². The Bertz CT molecular complexity index is 368. The summed E-state index contributed by atoms with van der Waals surface area (Å²) in [6.07, 6.45) is 3.67. The third-order valence-corrected chi connectivity index (χ3v) is 4.05. The van der Waals surface area contributed by atoms with E-state index in [0.29, 0.717) is 5.92 Å². The molecule has 20 heavy (non-hydrogen) atoms. The van der Waals surface area contributed by atoms with Crippen LogP contribution in [0.15, 0.2) is 0 Å². The number of ether oxygens (including phenoxy) is 1. The van der Waals surface area contributed by atoms with Gasteiger partial charge in [0.15, 0.2) is 0 Å². The number of nitrogens with zero attached hydrogens (tertiary/aromatic N) is 1. The lowest BCUT2D eigenvalue weighted by Gasteiger charge is -2.34. The summed E-state index contributed by atoms with van der Waals surface area (Å²) in [6, 6.07) is 0. The van der Waals surface area contributed by atoms with Gasteiger partial charge in [0.05, 0.1) is 0 Å². The first-order valence-corrected chi connectivity index (χ1v) is 7.61. The Morgan fingerprint density at radius 1 is 1.30 bits per heavy atom. The fourth-order valence-electron chi connectivity index (χ4n) is 2.95. The van der Waals surface area contributed by atoms with Crippen LogP contribution in [-0.2, 0) is 9.53 Å². The zero-order valence-corrected chi connectivity index (χ0v) is 12.8. The van der Waals surface area contributed by atoms with Crippen molar-refractivity contribution in [2.45, 2.75) is 52.1 Å². The first kappa shape index (κ1) is 15.1. The highest BCUT2D eigenvalue weighted by Crippen LogP contribution is 2.28. The number of amides is 2. The van der Waals surface area contributed by atoms with Gasteiger partial charge in [0, 0.05) is 25.6 Å². The number of nitrogens with one attached hydrogen (secondary N) is 1. The number of carbonyl (C=O) groups is 2. The Balaban J connectivity index is 1.75. The van der Waals surface area contributed by atoms with Crippen molar-refractivity contribution in [1.82, 2.24) is 10.2 Å². The molecular weight excluding hydrogens is 256 g/mol. The van der Waals surface area contributed by atoms with Crippen molar-refractivity contribution in [2.75, 3.05) is 19.6 Å². The molecule has 114 valence electrons. The van der Waals surface area contributed by atoms with E-state index in [9.17, 15) is 9.59 Å². The van der Waals surface area contributed by atoms with E-state index in [-0.39, 0.29) is 17.9 Å². The summed E-state index contributed by atoms with van der Waals surface area (Å²) >= 11 is 0. The topological polar surface area (TPSA) is 58.6 Å². The molecule has 2 amide bonds. The van der Waals surface area contributed by atoms with Crippen molar-refractivity contribution >= 4 is 12.0 Å². The van der Waals surface area contributed by atoms with Crippen LogP contribution in [0.3, 0.4) is 0 Å². The second kappa shape index (κ2) is 6.02. The van der Waals surface area contributed by atoms with Crippen LogP contribution in [-0.4, -0.2) is 42.1 Å². The first-order valence-electron chi connectivity index (χ1n) is 7.61. The highest BCUT2D eigenvalue weighted by molar-refractivity contribution is 5.80. The number of likely N-dealkylation sites (tertiary alicyclic amines) is 1. The Kier molecular flexibility index (Phi) is 4.55. The van der Waals surface area contributed by atoms with Crippen LogP contribution in [0.1, 0.15) is 46.5 Å². The second-order valence-electron chi connectivity index (χ2n) is 6.92. The quantitative estimate of drug-likeness (QED) is 0.844. The van der Waals surface area contributed by atoms with Crippen molar-refractivity contribution in [1.29, 1.82) is 0 Å². The highest BCUT2D eigenvalue weighted by Gasteiger charge is 2.31. The number of rotatable bonds is 2. The second-order valence-corrected chi connectivity index (χ2v) is 6.92. The van der Waals surface area contributed by atoms with Crippen molar-refractivity contribution in [2.24, 2.45) is 11.8 Å². The monoisotopic (exact) mass is 282 g/mol. The van der Waals surface area contributed by atoms with Gasteiger partial charge in [-0.1, -0.05) is 0 Å². The molecule has 1 N–H and O–H groups in total. The van der Waals surface area contributed by atoms with Crippen molar-refractivity contribution in [3.63, 3.8) is 0 Å². The molecule has 5 heteroatoms. The molecule has 5 nitrogen and oxygen atoms in total. The van der Waals surface area contributed by atoms with Crippen molar-refractivity contribution in [3.8, 4) is 0 Å². The van der Waals surface area contributed by atoms with Gasteiger partial charge in [0.25, 0.3) is 0 Å². The van der Waals surface area contributed by atoms with E-state index >= 15 is 0 Å². The summed E-state index contributed by atoms with van der Waals surface area (Å²) in [5, 5.41) is 2.89. The lowest BCUT2D eigenvalue weighted by molar-refractivity contribution is -0.123. The number of piperidine rings is 1. The average molecular weight is 282 g/mol. The fourth-order valence-corrected chi connectivity index (χ4v) is 2.95. The standard InChI is InChI=1S/C15H26N2O3/c1-15(2,3)20-14(19)17-8-5-11(6-9-17)10-12-4-7-16-13(12)18/h11-12H,4-10H2,1-3H3,(H,16,18). The van der Waals surface area contributed by atoms with Crippen LogP contribution in [0, 0.1) is 11.8 Å². The average Bonchev–Trinajstić information content (AvgIpc) is 2.74. The smallest absolute Gasteiger partial charge is 0.410 e. The van der Waals surface area contributed by atoms with Crippen LogP contribution >= 0.6 is 0 Å². The van der Waals surface area contributed by atoms with Gasteiger partial charge in [-0.15, -0.1) is 0 Å². The molecule has 0 spiro atoms. The maximum Gasteiger partial charge on any atom is 0.410 e. The van der Waals surface area contributed by atoms with Gasteiger partial charge in [-0.2, -0.15) is 0 Å². The molecule has 0 saturated carbocycles. The number of hydrogen-bond donors (Lipinski definition) is 1. The van der Waals surface area contributed by atoms with Crippen LogP contribution in [0.2, 0.25) is 0 Å². The summed E-state index contributed by atoms with van der Waals surface area (Å²) in [7, 11) is 0. The third-order valence-electron chi connectivity index (χ3n) is 4.05. The zero-order chi connectivity index (χ0) is 14.8. The van der Waals surface area contributed by atoms with Gasteiger partial charge in [0.2, 0.25) is 5.91 Å². The van der Waals surface area contributed by atoms with Crippen LogP contribution in [0.4, 0.5) is 4.79 Å². The fraction of sp³-hybridized carbons (Fsp3) is 0.867. The molecule has 1 unspecified atom stereocenters. The molecule has 1 atom stereocenters. The molecule has 2 aliphatic heterocycles. The molecule has 0 bridgehead atoms. The largest absolute Gasteiger partial charge is 0.444 e. The molecule has 2 fully saturated rings. The molecule has 0 aromatic heterocycles. The predicted octanol–water partition coefficient (Wildman–Crippen LogP) is 2.16. The van der Waals surface area contributed by atoms with Gasteiger partial charge in [-0.3, -0.25) is 4.79 Å². The summed E-state index contributed by atoms with van der Waals surface area (Å²) in [5.74, 6) is 0.954. The molecule has 2 saturated heterocycles. The minimum Gasteiger partial charge on any atom is -0.444 e. The first-order chi connectivity index (χ1) is 9.35. The molecule has 0 aliphatic carbocycles. The van der Waals surface area contributed by atoms with E-state index in [2.05, 4.69) is 5.32 Å². The lowest BCUT2D eigenvalue weighted by atomic mass is 9.86. The normalized spacial score (nSPS) is 24.6. The maximum atomic E-state index is 12.0. The van der Waals surface area contributed by atoms with E-state index in [1.165, 1.54) is 0 Å². The summed E-state index contributed by atoms with van der Waals surface area (Å²) in [6.45, 7) is 7.96. The van der Waals surface area contributed by atoms with Crippen LogP contribution < -0.4 is 5.32 Å². The SMILES string of the molecule is CC(C)(C)OC(=O)N1CCC(CC2CCNC2=O)CC1. The molecule has 2 rings (SSSR count). The van der Waals surface area contributed by atoms with E-state index in [4.69, 9.17) is 4.74 Å². The molecule has 2 aliphatic rings. The minimum absolute atomic E-state index is 0.188. The van der Waals surface area contributed by atoms with Gasteiger partial charge in [-0.25, -0.2) is 4.79 Å². The van der Waals surface area contributed by atoms with Crippen LogP contribution in [0.5, 0.6) is 0 Å². The van der Waals surface area contributed by atoms with Crippen molar-refractivity contribution < 1.29 is 14.3 Å². The maximum absolute atomic E-state index is 12.0. The molecule has 0 radical (unpaired) electrons. The molecule has 2 heterocycles. The van der Waals surface area contributed by atoms with Gasteiger partial charge >= 0.3 is 6.09 Å². The Labute approximate surface area is 121 Å².